The predicted molar refractivity (Wildman–Crippen MR) is 87.0 cm³/mol. The third-order valence-corrected chi connectivity index (χ3v) is 4.56. The van der Waals surface area contributed by atoms with E-state index in [1.807, 2.05) is 18.2 Å². The van der Waals surface area contributed by atoms with Crippen LogP contribution in [0.5, 0.6) is 0 Å². The number of hydrogen-bond donors (Lipinski definition) is 1. The molecule has 2 heterocycles. The fourth-order valence-electron chi connectivity index (χ4n) is 3.08. The molecule has 0 aliphatic carbocycles. The molecule has 3 nitrogen and oxygen atoms in total. The van der Waals surface area contributed by atoms with E-state index in [4.69, 9.17) is 23.8 Å². The van der Waals surface area contributed by atoms with Crippen LogP contribution < -0.4 is 0 Å². The largest absolute Gasteiger partial charge is 0.331 e. The van der Waals surface area contributed by atoms with Crippen LogP contribution in [0, 0.1) is 10.7 Å². The summed E-state index contributed by atoms with van der Waals surface area (Å²) in [6, 6.07) is 5.88. The summed E-state index contributed by atoms with van der Waals surface area (Å²) in [4.78, 5) is 5.81. The highest BCUT2D eigenvalue weighted by Gasteiger charge is 2.16. The fraction of sp³-hybridized carbons (Fsp3) is 0.533. The van der Waals surface area contributed by atoms with E-state index in [2.05, 4.69) is 21.4 Å². The van der Waals surface area contributed by atoms with Gasteiger partial charge in [0.05, 0.1) is 11.0 Å². The second-order valence-electron chi connectivity index (χ2n) is 5.82. The number of fused-ring (bicyclic) bond motifs is 1. The van der Waals surface area contributed by atoms with E-state index in [1.54, 1.807) is 0 Å². The molecule has 0 bridgehead atoms. The molecule has 1 unspecified atom stereocenters. The van der Waals surface area contributed by atoms with E-state index in [-0.39, 0.29) is 0 Å². The molecule has 0 radical (unpaired) electrons. The van der Waals surface area contributed by atoms with Crippen molar-refractivity contribution in [1.29, 1.82) is 0 Å². The van der Waals surface area contributed by atoms with E-state index in [1.165, 1.54) is 25.9 Å². The smallest absolute Gasteiger partial charge is 0.178 e. The Labute approximate surface area is 129 Å². The SMILES string of the molecule is CC(CN1CCCC1)Cn1c(=S)[nH]c2ccc(Cl)cc21. The molecule has 5 heteroatoms. The number of aromatic amines is 1. The number of H-pyrrole nitrogens is 1. The Bertz CT molecular complexity index is 655. The maximum absolute atomic E-state index is 6.10. The summed E-state index contributed by atoms with van der Waals surface area (Å²) in [5, 5.41) is 0.757. The summed E-state index contributed by atoms with van der Waals surface area (Å²) < 4.78 is 2.97. The van der Waals surface area contributed by atoms with Gasteiger partial charge in [-0.1, -0.05) is 18.5 Å². The molecule has 0 spiro atoms. The maximum Gasteiger partial charge on any atom is 0.178 e. The summed E-state index contributed by atoms with van der Waals surface area (Å²) in [5.74, 6) is 0.581. The van der Waals surface area contributed by atoms with Gasteiger partial charge in [-0.05, 0) is 62.3 Å². The normalized spacial score (nSPS) is 17.9. The van der Waals surface area contributed by atoms with Crippen LogP contribution in [0.3, 0.4) is 0 Å². The number of benzene rings is 1. The minimum atomic E-state index is 0.581. The lowest BCUT2D eigenvalue weighted by Gasteiger charge is -2.20. The van der Waals surface area contributed by atoms with Crippen molar-refractivity contribution in [1.82, 2.24) is 14.5 Å². The fourth-order valence-corrected chi connectivity index (χ4v) is 3.53. The van der Waals surface area contributed by atoms with Crippen molar-refractivity contribution < 1.29 is 0 Å². The summed E-state index contributed by atoms with van der Waals surface area (Å²) in [5.41, 5.74) is 2.17. The second-order valence-corrected chi connectivity index (χ2v) is 6.64. The first-order valence-corrected chi connectivity index (χ1v) is 8.02. The number of nitrogens with one attached hydrogen (secondary N) is 1. The number of likely N-dealkylation sites (tertiary alicyclic amines) is 1. The topological polar surface area (TPSA) is 24.0 Å². The molecule has 1 fully saturated rings. The van der Waals surface area contributed by atoms with Gasteiger partial charge in [0.25, 0.3) is 0 Å². The molecule has 3 rings (SSSR count). The number of halogens is 1. The Morgan fingerprint density at radius 1 is 1.30 bits per heavy atom. The predicted octanol–water partition coefficient (Wildman–Crippen LogP) is 4.08. The van der Waals surface area contributed by atoms with Crippen molar-refractivity contribution in [2.75, 3.05) is 19.6 Å². The van der Waals surface area contributed by atoms with E-state index in [0.29, 0.717) is 5.92 Å². The van der Waals surface area contributed by atoms with Crippen LogP contribution in [0.1, 0.15) is 19.8 Å². The molecular weight excluding hydrogens is 290 g/mol. The van der Waals surface area contributed by atoms with Crippen LogP contribution in [0.4, 0.5) is 0 Å². The first-order chi connectivity index (χ1) is 9.63. The highest BCUT2D eigenvalue weighted by molar-refractivity contribution is 7.71. The lowest BCUT2D eigenvalue weighted by atomic mass is 10.1. The first kappa shape index (κ1) is 14.1. The molecule has 0 amide bonds. The van der Waals surface area contributed by atoms with Crippen molar-refractivity contribution in [3.63, 3.8) is 0 Å². The number of rotatable bonds is 4. The van der Waals surface area contributed by atoms with Crippen LogP contribution in [-0.4, -0.2) is 34.1 Å². The number of aromatic nitrogens is 2. The van der Waals surface area contributed by atoms with Crippen LogP contribution in [0.25, 0.3) is 11.0 Å². The molecule has 1 saturated heterocycles. The molecule has 1 aliphatic rings. The Hall–Kier alpha value is -0.840. The monoisotopic (exact) mass is 309 g/mol. The van der Waals surface area contributed by atoms with Crippen molar-refractivity contribution in [2.45, 2.75) is 26.3 Å². The van der Waals surface area contributed by atoms with Gasteiger partial charge in [-0.25, -0.2) is 0 Å². The van der Waals surface area contributed by atoms with Crippen LogP contribution in [-0.2, 0) is 6.54 Å². The maximum atomic E-state index is 6.10. The zero-order valence-electron chi connectivity index (χ0n) is 11.7. The third-order valence-electron chi connectivity index (χ3n) is 4.00. The Balaban J connectivity index is 1.80. The highest BCUT2D eigenvalue weighted by Crippen LogP contribution is 2.21. The number of nitrogens with zero attached hydrogens (tertiary/aromatic N) is 2. The van der Waals surface area contributed by atoms with Crippen LogP contribution in [0.2, 0.25) is 5.02 Å². The number of hydrogen-bond acceptors (Lipinski definition) is 2. The van der Waals surface area contributed by atoms with Gasteiger partial charge in [-0.2, -0.15) is 0 Å². The summed E-state index contributed by atoms with van der Waals surface area (Å²) in [7, 11) is 0. The van der Waals surface area contributed by atoms with Crippen molar-refractivity contribution in [3.05, 3.63) is 28.0 Å². The molecule has 2 aromatic rings. The van der Waals surface area contributed by atoms with Crippen LogP contribution >= 0.6 is 23.8 Å². The van der Waals surface area contributed by atoms with Gasteiger partial charge in [-0.3, -0.25) is 0 Å². The lowest BCUT2D eigenvalue weighted by molar-refractivity contribution is 0.272. The average Bonchev–Trinajstić information content (AvgIpc) is 3.00. The average molecular weight is 310 g/mol. The molecule has 0 saturated carbocycles. The highest BCUT2D eigenvalue weighted by atomic mass is 35.5. The van der Waals surface area contributed by atoms with Gasteiger partial charge in [0.2, 0.25) is 0 Å². The Morgan fingerprint density at radius 2 is 2.05 bits per heavy atom. The van der Waals surface area contributed by atoms with Crippen LogP contribution in [0.15, 0.2) is 18.2 Å². The molecule has 1 N–H and O–H groups in total. The molecule has 20 heavy (non-hydrogen) atoms. The molecule has 1 atom stereocenters. The minimum absolute atomic E-state index is 0.581. The third kappa shape index (κ3) is 2.92. The first-order valence-electron chi connectivity index (χ1n) is 7.24. The number of imidazole rings is 1. The van der Waals surface area contributed by atoms with Gasteiger partial charge in [0.1, 0.15) is 0 Å². The van der Waals surface area contributed by atoms with Crippen molar-refractivity contribution in [3.8, 4) is 0 Å². The zero-order chi connectivity index (χ0) is 14.1. The molecule has 108 valence electrons. The Kier molecular flexibility index (Phi) is 4.15. The van der Waals surface area contributed by atoms with Crippen molar-refractivity contribution >= 4 is 34.9 Å². The molecule has 1 aromatic heterocycles. The summed E-state index contributed by atoms with van der Waals surface area (Å²) in [6.07, 6.45) is 2.68. The lowest BCUT2D eigenvalue weighted by Crippen LogP contribution is -2.27. The zero-order valence-corrected chi connectivity index (χ0v) is 13.3. The van der Waals surface area contributed by atoms with Gasteiger partial charge >= 0.3 is 0 Å². The quantitative estimate of drug-likeness (QED) is 0.860. The van der Waals surface area contributed by atoms with E-state index in [0.717, 1.165) is 33.9 Å². The van der Waals surface area contributed by atoms with E-state index in [9.17, 15) is 0 Å². The minimum Gasteiger partial charge on any atom is -0.331 e. The van der Waals surface area contributed by atoms with Gasteiger partial charge in [-0.15, -0.1) is 0 Å². The summed E-state index contributed by atoms with van der Waals surface area (Å²) >= 11 is 11.6. The van der Waals surface area contributed by atoms with E-state index >= 15 is 0 Å². The van der Waals surface area contributed by atoms with Gasteiger partial charge in [0, 0.05) is 18.1 Å². The van der Waals surface area contributed by atoms with Gasteiger partial charge in [0.15, 0.2) is 4.77 Å². The van der Waals surface area contributed by atoms with E-state index < -0.39 is 0 Å². The molecule has 1 aromatic carbocycles. The second kappa shape index (κ2) is 5.88. The molecular formula is C15H20ClN3S. The standard InChI is InChI=1S/C15H20ClN3S/c1-11(9-18-6-2-3-7-18)10-19-14-8-12(16)4-5-13(14)17-15(19)20/h4-5,8,11H,2-3,6-7,9-10H2,1H3,(H,17,20). The van der Waals surface area contributed by atoms with Crippen molar-refractivity contribution in [2.24, 2.45) is 5.92 Å². The molecule has 1 aliphatic heterocycles. The summed E-state index contributed by atoms with van der Waals surface area (Å²) in [6.45, 7) is 6.87. The Morgan fingerprint density at radius 3 is 2.80 bits per heavy atom. The van der Waals surface area contributed by atoms with Gasteiger partial charge < -0.3 is 14.5 Å².